The molecule has 0 heterocycles. The zero-order valence-electron chi connectivity index (χ0n) is 9.83. The molecule has 1 amide bonds. The number of nitrogens with one attached hydrogen (secondary N) is 1. The summed E-state index contributed by atoms with van der Waals surface area (Å²) < 4.78 is 0. The third-order valence-electron chi connectivity index (χ3n) is 2.15. The highest BCUT2D eigenvalue weighted by Crippen LogP contribution is 2.25. The smallest absolute Gasteiger partial charge is 0.252 e. The molecule has 17 heavy (non-hydrogen) atoms. The van der Waals surface area contributed by atoms with E-state index < -0.39 is 0 Å². The molecule has 0 spiro atoms. The van der Waals surface area contributed by atoms with Gasteiger partial charge in [0, 0.05) is 16.5 Å². The predicted octanol–water partition coefficient (Wildman–Crippen LogP) is 2.53. The maximum absolute atomic E-state index is 11.9. The van der Waals surface area contributed by atoms with Crippen molar-refractivity contribution in [1.29, 1.82) is 0 Å². The summed E-state index contributed by atoms with van der Waals surface area (Å²) in [5.74, 6) is 0.835. The number of carbonyl (C=O) groups is 1. The van der Waals surface area contributed by atoms with Gasteiger partial charge in [-0.25, -0.2) is 0 Å². The Bertz CT molecular complexity index is 385. The van der Waals surface area contributed by atoms with Gasteiger partial charge in [0.1, 0.15) is 0 Å². The van der Waals surface area contributed by atoms with Gasteiger partial charge in [0.05, 0.1) is 5.56 Å². The largest absolute Gasteiger partial charge is 0.352 e. The quantitative estimate of drug-likeness (QED) is 0.618. The van der Waals surface area contributed by atoms with Crippen molar-refractivity contribution in [2.75, 3.05) is 18.8 Å². The summed E-state index contributed by atoms with van der Waals surface area (Å²) in [5.41, 5.74) is 6.02. The van der Waals surface area contributed by atoms with Gasteiger partial charge in [-0.05, 0) is 36.9 Å². The molecule has 0 fully saturated rings. The van der Waals surface area contributed by atoms with E-state index in [4.69, 9.17) is 17.3 Å². The number of benzene rings is 1. The van der Waals surface area contributed by atoms with E-state index in [9.17, 15) is 4.79 Å². The molecule has 0 unspecified atom stereocenters. The summed E-state index contributed by atoms with van der Waals surface area (Å²) >= 11 is 7.55. The van der Waals surface area contributed by atoms with Gasteiger partial charge in [-0.2, -0.15) is 0 Å². The molecule has 0 aliphatic carbocycles. The Labute approximate surface area is 111 Å². The van der Waals surface area contributed by atoms with Crippen molar-refractivity contribution in [3.63, 3.8) is 0 Å². The van der Waals surface area contributed by atoms with Crippen molar-refractivity contribution in [1.82, 2.24) is 5.32 Å². The SMILES string of the molecule is CCSc1ccc(Cl)cc1C(=O)NCCCN. The first kappa shape index (κ1) is 14.4. The van der Waals surface area contributed by atoms with E-state index in [2.05, 4.69) is 12.2 Å². The molecule has 0 saturated carbocycles. The van der Waals surface area contributed by atoms with Crippen LogP contribution in [0.5, 0.6) is 0 Å². The van der Waals surface area contributed by atoms with E-state index in [0.717, 1.165) is 17.1 Å². The number of nitrogens with two attached hydrogens (primary N) is 1. The van der Waals surface area contributed by atoms with Crippen molar-refractivity contribution < 1.29 is 4.79 Å². The Morgan fingerprint density at radius 3 is 2.94 bits per heavy atom. The zero-order chi connectivity index (χ0) is 12.7. The molecule has 3 N–H and O–H groups in total. The fourth-order valence-corrected chi connectivity index (χ4v) is 2.31. The highest BCUT2D eigenvalue weighted by molar-refractivity contribution is 7.99. The van der Waals surface area contributed by atoms with Crippen molar-refractivity contribution in [3.05, 3.63) is 28.8 Å². The second-order valence-corrected chi connectivity index (χ2v) is 5.21. The van der Waals surface area contributed by atoms with E-state index in [1.54, 1.807) is 23.9 Å². The number of thioether (sulfide) groups is 1. The Hall–Kier alpha value is -0.710. The molecular formula is C12H17ClN2OS. The lowest BCUT2D eigenvalue weighted by atomic mass is 10.2. The number of amides is 1. The van der Waals surface area contributed by atoms with Crippen molar-refractivity contribution >= 4 is 29.3 Å². The predicted molar refractivity (Wildman–Crippen MR) is 73.9 cm³/mol. The molecule has 94 valence electrons. The molecule has 0 bridgehead atoms. The number of halogens is 1. The lowest BCUT2D eigenvalue weighted by Gasteiger charge is -2.09. The van der Waals surface area contributed by atoms with E-state index in [1.807, 2.05) is 6.07 Å². The zero-order valence-corrected chi connectivity index (χ0v) is 11.4. The van der Waals surface area contributed by atoms with Gasteiger partial charge in [-0.15, -0.1) is 11.8 Å². The second-order valence-electron chi connectivity index (χ2n) is 3.47. The van der Waals surface area contributed by atoms with Crippen LogP contribution in [0, 0.1) is 0 Å². The average molecular weight is 273 g/mol. The third-order valence-corrected chi connectivity index (χ3v) is 3.34. The van der Waals surface area contributed by atoms with Crippen LogP contribution in [-0.4, -0.2) is 24.7 Å². The van der Waals surface area contributed by atoms with Gasteiger partial charge in [-0.1, -0.05) is 18.5 Å². The van der Waals surface area contributed by atoms with Crippen LogP contribution in [-0.2, 0) is 0 Å². The van der Waals surface area contributed by atoms with Crippen LogP contribution in [0.2, 0.25) is 5.02 Å². The summed E-state index contributed by atoms with van der Waals surface area (Å²) in [6, 6.07) is 5.39. The molecule has 0 saturated heterocycles. The standard InChI is InChI=1S/C12H17ClN2OS/c1-2-17-11-5-4-9(13)8-10(11)12(16)15-7-3-6-14/h4-5,8H,2-3,6-7,14H2,1H3,(H,15,16). The fraction of sp³-hybridized carbons (Fsp3) is 0.417. The van der Waals surface area contributed by atoms with Gasteiger partial charge in [0.15, 0.2) is 0 Å². The molecule has 0 aromatic heterocycles. The van der Waals surface area contributed by atoms with Gasteiger partial charge >= 0.3 is 0 Å². The monoisotopic (exact) mass is 272 g/mol. The van der Waals surface area contributed by atoms with E-state index >= 15 is 0 Å². The minimum absolute atomic E-state index is 0.0862. The highest BCUT2D eigenvalue weighted by atomic mass is 35.5. The first-order valence-corrected chi connectivity index (χ1v) is 6.96. The molecule has 1 rings (SSSR count). The lowest BCUT2D eigenvalue weighted by Crippen LogP contribution is -2.26. The molecule has 3 nitrogen and oxygen atoms in total. The van der Waals surface area contributed by atoms with Gasteiger partial charge < -0.3 is 11.1 Å². The number of carbonyl (C=O) groups excluding carboxylic acids is 1. The van der Waals surface area contributed by atoms with Crippen molar-refractivity contribution in [3.8, 4) is 0 Å². The average Bonchev–Trinajstić information content (AvgIpc) is 2.32. The van der Waals surface area contributed by atoms with E-state index in [-0.39, 0.29) is 5.91 Å². The molecule has 0 radical (unpaired) electrons. The molecule has 1 aromatic carbocycles. The first-order chi connectivity index (χ1) is 8.19. The maximum Gasteiger partial charge on any atom is 0.252 e. The highest BCUT2D eigenvalue weighted by Gasteiger charge is 2.11. The van der Waals surface area contributed by atoms with Crippen molar-refractivity contribution in [2.45, 2.75) is 18.2 Å². The summed E-state index contributed by atoms with van der Waals surface area (Å²) in [7, 11) is 0. The number of hydrogen-bond acceptors (Lipinski definition) is 3. The Morgan fingerprint density at radius 2 is 2.29 bits per heavy atom. The molecule has 0 atom stereocenters. The number of hydrogen-bond donors (Lipinski definition) is 2. The van der Waals surface area contributed by atoms with Crippen LogP contribution < -0.4 is 11.1 Å². The molecular weight excluding hydrogens is 256 g/mol. The van der Waals surface area contributed by atoms with Crippen LogP contribution in [0.3, 0.4) is 0 Å². The van der Waals surface area contributed by atoms with Crippen LogP contribution in [0.1, 0.15) is 23.7 Å². The van der Waals surface area contributed by atoms with E-state index in [1.165, 1.54) is 0 Å². The van der Waals surface area contributed by atoms with Crippen LogP contribution in [0.4, 0.5) is 0 Å². The molecule has 0 aliphatic heterocycles. The summed E-state index contributed by atoms with van der Waals surface area (Å²) in [4.78, 5) is 12.9. The Kier molecular flexibility index (Phi) is 6.40. The molecule has 1 aromatic rings. The lowest BCUT2D eigenvalue weighted by molar-refractivity contribution is 0.0950. The van der Waals surface area contributed by atoms with E-state index in [0.29, 0.717) is 23.7 Å². The second kappa shape index (κ2) is 7.58. The normalized spacial score (nSPS) is 10.3. The minimum atomic E-state index is -0.0862. The first-order valence-electron chi connectivity index (χ1n) is 5.59. The summed E-state index contributed by atoms with van der Waals surface area (Å²) in [6.07, 6.45) is 0.780. The van der Waals surface area contributed by atoms with Gasteiger partial charge in [0.25, 0.3) is 5.91 Å². The van der Waals surface area contributed by atoms with Crippen molar-refractivity contribution in [2.24, 2.45) is 5.73 Å². The van der Waals surface area contributed by atoms with Crippen LogP contribution in [0.15, 0.2) is 23.1 Å². The minimum Gasteiger partial charge on any atom is -0.352 e. The molecule has 5 heteroatoms. The maximum atomic E-state index is 11.9. The molecule has 0 aliphatic rings. The van der Waals surface area contributed by atoms with Gasteiger partial charge in [0.2, 0.25) is 0 Å². The van der Waals surface area contributed by atoms with Crippen LogP contribution in [0.25, 0.3) is 0 Å². The summed E-state index contributed by atoms with van der Waals surface area (Å²) in [5, 5.41) is 3.41. The summed E-state index contributed by atoms with van der Waals surface area (Å²) in [6.45, 7) is 3.22. The third kappa shape index (κ3) is 4.58. The Morgan fingerprint density at radius 1 is 1.53 bits per heavy atom. The topological polar surface area (TPSA) is 55.1 Å². The van der Waals surface area contributed by atoms with Gasteiger partial charge in [-0.3, -0.25) is 4.79 Å². The number of rotatable bonds is 6. The Balaban J connectivity index is 2.78. The van der Waals surface area contributed by atoms with Crippen LogP contribution >= 0.6 is 23.4 Å². The fourth-order valence-electron chi connectivity index (χ4n) is 1.36.